The maximum atomic E-state index is 11.1. The molecule has 84 valence electrons. The number of aryl methyl sites for hydroxylation is 1. The average molecular weight is 253 g/mol. The Morgan fingerprint density at radius 1 is 1.06 bits per heavy atom. The van der Waals surface area contributed by atoms with Gasteiger partial charge >= 0.3 is 0 Å². The van der Waals surface area contributed by atoms with Gasteiger partial charge in [-0.05, 0) is 24.6 Å². The van der Waals surface area contributed by atoms with Crippen molar-refractivity contribution >= 4 is 21.4 Å². The minimum atomic E-state index is -3.58. The van der Waals surface area contributed by atoms with Crippen LogP contribution >= 0.6 is 11.3 Å². The van der Waals surface area contributed by atoms with E-state index in [0.29, 0.717) is 0 Å². The summed E-state index contributed by atoms with van der Waals surface area (Å²) in [7, 11) is -3.58. The highest BCUT2D eigenvalue weighted by Gasteiger charge is 2.11. The van der Waals surface area contributed by atoms with Gasteiger partial charge < -0.3 is 0 Å². The highest BCUT2D eigenvalue weighted by atomic mass is 32.2. The van der Waals surface area contributed by atoms with Crippen LogP contribution in [0.3, 0.4) is 0 Å². The minimum absolute atomic E-state index is 0.197. The molecule has 0 amide bonds. The van der Waals surface area contributed by atoms with Crippen LogP contribution in [0.1, 0.15) is 5.56 Å². The van der Waals surface area contributed by atoms with Crippen LogP contribution in [-0.4, -0.2) is 8.42 Å². The van der Waals surface area contributed by atoms with E-state index in [4.69, 9.17) is 5.14 Å². The first kappa shape index (κ1) is 11.3. The van der Waals surface area contributed by atoms with Crippen molar-refractivity contribution in [2.45, 2.75) is 11.1 Å². The fraction of sp³-hybridized carbons (Fsp3) is 0.0909. The largest absolute Gasteiger partial charge is 0.247 e. The summed E-state index contributed by atoms with van der Waals surface area (Å²) in [6, 6.07) is 11.2. The normalized spacial score (nSPS) is 11.6. The third-order valence-corrected chi connectivity index (χ3v) is 4.77. The third kappa shape index (κ3) is 2.32. The van der Waals surface area contributed by atoms with Crippen molar-refractivity contribution < 1.29 is 8.42 Å². The van der Waals surface area contributed by atoms with Gasteiger partial charge in [0, 0.05) is 4.88 Å². The summed E-state index contributed by atoms with van der Waals surface area (Å²) >= 11 is 1.19. The van der Waals surface area contributed by atoms with E-state index in [2.05, 4.69) is 0 Å². The molecule has 0 aliphatic rings. The monoisotopic (exact) mass is 253 g/mol. The second-order valence-corrected chi connectivity index (χ2v) is 6.40. The summed E-state index contributed by atoms with van der Waals surface area (Å²) in [4.78, 5) is 0.907. The number of primary sulfonamides is 1. The molecule has 0 saturated carbocycles. The molecule has 2 rings (SSSR count). The topological polar surface area (TPSA) is 60.2 Å². The fourth-order valence-electron chi connectivity index (χ4n) is 1.35. The van der Waals surface area contributed by atoms with E-state index in [1.165, 1.54) is 23.0 Å². The van der Waals surface area contributed by atoms with E-state index < -0.39 is 10.0 Å². The van der Waals surface area contributed by atoms with Gasteiger partial charge in [0.05, 0.1) is 0 Å². The van der Waals surface area contributed by atoms with Gasteiger partial charge in [-0.15, -0.1) is 11.3 Å². The molecule has 0 bridgehead atoms. The maximum absolute atomic E-state index is 11.1. The van der Waals surface area contributed by atoms with Crippen LogP contribution in [0.25, 0.3) is 10.4 Å². The van der Waals surface area contributed by atoms with Gasteiger partial charge in [0.2, 0.25) is 10.0 Å². The quantitative estimate of drug-likeness (QED) is 0.893. The lowest BCUT2D eigenvalue weighted by atomic mass is 10.1. The number of hydrogen-bond acceptors (Lipinski definition) is 3. The van der Waals surface area contributed by atoms with Crippen molar-refractivity contribution in [2.75, 3.05) is 0 Å². The van der Waals surface area contributed by atoms with E-state index in [1.807, 2.05) is 31.2 Å². The first-order valence-electron chi connectivity index (χ1n) is 4.66. The molecule has 1 aromatic carbocycles. The second kappa shape index (κ2) is 4.01. The lowest BCUT2D eigenvalue weighted by molar-refractivity contribution is 0.600. The summed E-state index contributed by atoms with van der Waals surface area (Å²) in [5, 5.41) is 5.05. The Balaban J connectivity index is 2.43. The molecule has 0 saturated heterocycles. The highest BCUT2D eigenvalue weighted by molar-refractivity contribution is 7.91. The molecular formula is C11H11NO2S2. The van der Waals surface area contributed by atoms with Gasteiger partial charge in [0.1, 0.15) is 4.21 Å². The smallest absolute Gasteiger partial charge is 0.224 e. The van der Waals surface area contributed by atoms with E-state index in [1.54, 1.807) is 6.07 Å². The predicted octanol–water partition coefficient (Wildman–Crippen LogP) is 2.37. The second-order valence-electron chi connectivity index (χ2n) is 3.53. The molecule has 0 aliphatic carbocycles. The predicted molar refractivity (Wildman–Crippen MR) is 65.9 cm³/mol. The molecule has 0 radical (unpaired) electrons. The third-order valence-electron chi connectivity index (χ3n) is 2.20. The van der Waals surface area contributed by atoms with Crippen LogP contribution < -0.4 is 5.14 Å². The number of benzene rings is 1. The van der Waals surface area contributed by atoms with Crippen molar-refractivity contribution in [1.82, 2.24) is 0 Å². The van der Waals surface area contributed by atoms with E-state index in [0.717, 1.165) is 10.4 Å². The van der Waals surface area contributed by atoms with Crippen molar-refractivity contribution in [2.24, 2.45) is 5.14 Å². The number of thiophene rings is 1. The van der Waals surface area contributed by atoms with Crippen LogP contribution in [0.2, 0.25) is 0 Å². The summed E-state index contributed by atoms with van der Waals surface area (Å²) in [5.41, 5.74) is 2.18. The van der Waals surface area contributed by atoms with Crippen LogP contribution in [0.4, 0.5) is 0 Å². The van der Waals surface area contributed by atoms with Crippen molar-refractivity contribution in [3.8, 4) is 10.4 Å². The zero-order valence-corrected chi connectivity index (χ0v) is 10.3. The highest BCUT2D eigenvalue weighted by Crippen LogP contribution is 2.30. The Morgan fingerprint density at radius 3 is 2.19 bits per heavy atom. The molecule has 0 spiro atoms. The Labute approximate surface area is 98.6 Å². The zero-order valence-electron chi connectivity index (χ0n) is 8.67. The van der Waals surface area contributed by atoms with Crippen LogP contribution in [0, 0.1) is 6.92 Å². The maximum Gasteiger partial charge on any atom is 0.247 e. The Morgan fingerprint density at radius 2 is 1.69 bits per heavy atom. The number of nitrogens with two attached hydrogens (primary N) is 1. The number of sulfonamides is 1. The molecule has 1 aromatic heterocycles. The summed E-state index contributed by atoms with van der Waals surface area (Å²) in [6.45, 7) is 2.01. The standard InChI is InChI=1S/C11H11NO2S2/c1-8-2-4-9(5-3-8)10-6-7-11(15-10)16(12,13)14/h2-7H,1H3,(H2,12,13,14). The molecule has 3 nitrogen and oxygen atoms in total. The van der Waals surface area contributed by atoms with Gasteiger partial charge in [0.25, 0.3) is 0 Å². The molecule has 2 N–H and O–H groups in total. The first-order chi connectivity index (χ1) is 7.47. The Bertz CT molecular complexity index is 597. The van der Waals surface area contributed by atoms with Gasteiger partial charge in [-0.2, -0.15) is 0 Å². The van der Waals surface area contributed by atoms with Crippen LogP contribution in [-0.2, 0) is 10.0 Å². The van der Waals surface area contributed by atoms with E-state index >= 15 is 0 Å². The minimum Gasteiger partial charge on any atom is -0.224 e. The summed E-state index contributed by atoms with van der Waals surface area (Å²) < 4.78 is 22.4. The van der Waals surface area contributed by atoms with Crippen LogP contribution in [0.15, 0.2) is 40.6 Å². The molecule has 2 aromatic rings. The van der Waals surface area contributed by atoms with Gasteiger partial charge in [-0.1, -0.05) is 29.8 Å². The molecule has 0 fully saturated rings. The summed E-state index contributed by atoms with van der Waals surface area (Å²) in [5.74, 6) is 0. The zero-order chi connectivity index (χ0) is 11.8. The van der Waals surface area contributed by atoms with E-state index in [9.17, 15) is 8.42 Å². The fourth-order valence-corrected chi connectivity index (χ4v) is 3.08. The number of rotatable bonds is 2. The van der Waals surface area contributed by atoms with Crippen LogP contribution in [0.5, 0.6) is 0 Å². The molecule has 1 heterocycles. The van der Waals surface area contributed by atoms with Crippen molar-refractivity contribution in [3.05, 3.63) is 42.0 Å². The SMILES string of the molecule is Cc1ccc(-c2ccc(S(N)(=O)=O)s2)cc1. The Kier molecular flexibility index (Phi) is 2.84. The average Bonchev–Trinajstić information content (AvgIpc) is 2.67. The molecule has 16 heavy (non-hydrogen) atoms. The lowest BCUT2D eigenvalue weighted by Gasteiger charge is -1.97. The van der Waals surface area contributed by atoms with Gasteiger partial charge in [-0.3, -0.25) is 0 Å². The van der Waals surface area contributed by atoms with Gasteiger partial charge in [0.15, 0.2) is 0 Å². The van der Waals surface area contributed by atoms with E-state index in [-0.39, 0.29) is 4.21 Å². The van der Waals surface area contributed by atoms with Crippen molar-refractivity contribution in [1.29, 1.82) is 0 Å². The molecular weight excluding hydrogens is 242 g/mol. The molecule has 5 heteroatoms. The lowest BCUT2D eigenvalue weighted by Crippen LogP contribution is -2.09. The van der Waals surface area contributed by atoms with Gasteiger partial charge in [-0.25, -0.2) is 13.6 Å². The first-order valence-corrected chi connectivity index (χ1v) is 7.03. The molecule has 0 aliphatic heterocycles. The molecule has 0 atom stereocenters. The molecule has 0 unspecified atom stereocenters. The number of hydrogen-bond donors (Lipinski definition) is 1. The van der Waals surface area contributed by atoms with Crippen molar-refractivity contribution in [3.63, 3.8) is 0 Å². The Hall–Kier alpha value is -1.17. The summed E-state index contributed by atoms with van der Waals surface area (Å²) in [6.07, 6.45) is 0.